The van der Waals surface area contributed by atoms with E-state index < -0.39 is 22.8 Å². The maximum atomic E-state index is 13.3. The standard InChI is InChI=1S/C27H26N4O7/c1-16-23(26(32)36-3)25(19-10-7-11-20(14-19)31(34)35)24(17(2)28-16)27(33)38-13-12-37-22-15-21(29-30-22)18-8-5-4-6-9-18/h4-11,14-15,25,28H,12-13H2,1-3H3,(H,29,30). The van der Waals surface area contributed by atoms with Crippen LogP contribution >= 0.6 is 0 Å². The van der Waals surface area contributed by atoms with Gasteiger partial charge < -0.3 is 19.5 Å². The van der Waals surface area contributed by atoms with Gasteiger partial charge in [0.05, 0.1) is 34.8 Å². The summed E-state index contributed by atoms with van der Waals surface area (Å²) in [7, 11) is 1.23. The lowest BCUT2D eigenvalue weighted by atomic mass is 9.80. The summed E-state index contributed by atoms with van der Waals surface area (Å²) in [4.78, 5) is 36.8. The molecule has 0 saturated carbocycles. The topological polar surface area (TPSA) is 146 Å². The highest BCUT2D eigenvalue weighted by molar-refractivity contribution is 5.99. The Kier molecular flexibility index (Phi) is 7.86. The molecule has 4 rings (SSSR count). The average Bonchev–Trinajstić information content (AvgIpc) is 3.39. The van der Waals surface area contributed by atoms with Gasteiger partial charge in [0, 0.05) is 29.6 Å². The molecule has 2 aromatic carbocycles. The molecule has 1 unspecified atom stereocenters. The highest BCUT2D eigenvalue weighted by Crippen LogP contribution is 2.40. The van der Waals surface area contributed by atoms with Crippen LogP contribution in [0.5, 0.6) is 5.88 Å². The molecule has 11 nitrogen and oxygen atoms in total. The van der Waals surface area contributed by atoms with Crippen LogP contribution in [-0.4, -0.2) is 47.4 Å². The van der Waals surface area contributed by atoms with Gasteiger partial charge in [-0.2, -0.15) is 0 Å². The molecule has 1 aliphatic rings. The SMILES string of the molecule is COC(=O)C1=C(C)NC(C)=C(C(=O)OCCOc2cc(-c3ccccc3)[nH]n2)C1c1cccc([N+](=O)[O-])c1. The van der Waals surface area contributed by atoms with Crippen molar-refractivity contribution < 1.29 is 28.7 Å². The van der Waals surface area contributed by atoms with E-state index in [0.29, 0.717) is 22.8 Å². The number of aromatic nitrogens is 2. The molecule has 2 heterocycles. The second-order valence-electron chi connectivity index (χ2n) is 8.45. The van der Waals surface area contributed by atoms with Gasteiger partial charge in [0.15, 0.2) is 0 Å². The third-order valence-electron chi connectivity index (χ3n) is 6.01. The number of nitrogens with one attached hydrogen (secondary N) is 2. The van der Waals surface area contributed by atoms with Crippen molar-refractivity contribution in [2.24, 2.45) is 0 Å². The zero-order valence-corrected chi connectivity index (χ0v) is 21.0. The average molecular weight is 519 g/mol. The third kappa shape index (κ3) is 5.56. The maximum Gasteiger partial charge on any atom is 0.336 e. The molecule has 11 heteroatoms. The van der Waals surface area contributed by atoms with Crippen molar-refractivity contribution in [1.82, 2.24) is 15.5 Å². The van der Waals surface area contributed by atoms with Crippen LogP contribution in [0.4, 0.5) is 5.69 Å². The molecule has 1 atom stereocenters. The summed E-state index contributed by atoms with van der Waals surface area (Å²) in [6, 6.07) is 17.1. The number of H-pyrrole nitrogens is 1. The van der Waals surface area contributed by atoms with E-state index in [1.165, 1.54) is 25.3 Å². The number of methoxy groups -OCH3 is 1. The minimum absolute atomic E-state index is 0.0325. The quantitative estimate of drug-likeness (QED) is 0.186. The molecule has 0 saturated heterocycles. The Morgan fingerprint density at radius 2 is 1.68 bits per heavy atom. The van der Waals surface area contributed by atoms with Gasteiger partial charge >= 0.3 is 11.9 Å². The summed E-state index contributed by atoms with van der Waals surface area (Å²) in [6.45, 7) is 3.28. The number of benzene rings is 2. The molecule has 1 aliphatic heterocycles. The molecule has 2 N–H and O–H groups in total. The summed E-state index contributed by atoms with van der Waals surface area (Å²) >= 11 is 0. The number of ether oxygens (including phenoxy) is 3. The van der Waals surface area contributed by atoms with Crippen molar-refractivity contribution >= 4 is 17.6 Å². The molecule has 1 aromatic heterocycles. The summed E-state index contributed by atoms with van der Waals surface area (Å²) in [5, 5.41) is 21.4. The normalized spacial score (nSPS) is 15.1. The van der Waals surface area contributed by atoms with Crippen LogP contribution in [0.1, 0.15) is 25.3 Å². The molecule has 0 aliphatic carbocycles. The number of nitro benzene ring substituents is 1. The molecular weight excluding hydrogens is 492 g/mol. The first-order valence-electron chi connectivity index (χ1n) is 11.7. The van der Waals surface area contributed by atoms with E-state index in [0.717, 1.165) is 11.3 Å². The van der Waals surface area contributed by atoms with Crippen LogP contribution in [0.25, 0.3) is 11.3 Å². The first kappa shape index (κ1) is 26.1. The predicted octanol–water partition coefficient (Wildman–Crippen LogP) is 4.01. The van der Waals surface area contributed by atoms with Gasteiger partial charge in [-0.05, 0) is 25.0 Å². The monoisotopic (exact) mass is 518 g/mol. The number of hydrogen-bond donors (Lipinski definition) is 2. The molecule has 0 radical (unpaired) electrons. The van der Waals surface area contributed by atoms with Crippen molar-refractivity contribution in [3.63, 3.8) is 0 Å². The first-order valence-corrected chi connectivity index (χ1v) is 11.7. The van der Waals surface area contributed by atoms with E-state index >= 15 is 0 Å². The summed E-state index contributed by atoms with van der Waals surface area (Å²) < 4.78 is 16.1. The first-order chi connectivity index (χ1) is 18.3. The van der Waals surface area contributed by atoms with Crippen LogP contribution in [-0.2, 0) is 19.1 Å². The Morgan fingerprint density at radius 3 is 2.37 bits per heavy atom. The van der Waals surface area contributed by atoms with Crippen molar-refractivity contribution in [1.29, 1.82) is 0 Å². The lowest BCUT2D eigenvalue weighted by Gasteiger charge is -2.30. The number of dihydropyridines is 1. The lowest BCUT2D eigenvalue weighted by Crippen LogP contribution is -2.32. The van der Waals surface area contributed by atoms with Crippen LogP contribution in [0.3, 0.4) is 0 Å². The fraction of sp³-hybridized carbons (Fsp3) is 0.222. The van der Waals surface area contributed by atoms with Crippen LogP contribution < -0.4 is 10.1 Å². The number of esters is 2. The number of allylic oxidation sites excluding steroid dienone is 2. The number of carbonyl (C=O) groups excluding carboxylic acids is 2. The molecule has 196 valence electrons. The number of rotatable bonds is 9. The zero-order valence-electron chi connectivity index (χ0n) is 21.0. The van der Waals surface area contributed by atoms with Gasteiger partial charge in [-0.15, -0.1) is 5.10 Å². The van der Waals surface area contributed by atoms with Gasteiger partial charge in [0.1, 0.15) is 13.2 Å². The van der Waals surface area contributed by atoms with Crippen molar-refractivity contribution in [3.8, 4) is 17.1 Å². The summed E-state index contributed by atoms with van der Waals surface area (Å²) in [6.07, 6.45) is 0. The molecule has 0 bridgehead atoms. The van der Waals surface area contributed by atoms with Crippen molar-refractivity contribution in [3.05, 3.63) is 98.9 Å². The van der Waals surface area contributed by atoms with E-state index in [4.69, 9.17) is 14.2 Å². The van der Waals surface area contributed by atoms with Crippen LogP contribution in [0, 0.1) is 10.1 Å². The number of carbonyl (C=O) groups is 2. The Balaban J connectivity index is 1.50. The van der Waals surface area contributed by atoms with Gasteiger partial charge in [-0.1, -0.05) is 42.5 Å². The van der Waals surface area contributed by atoms with Gasteiger partial charge in [0.2, 0.25) is 5.88 Å². The molecule has 0 amide bonds. The molecule has 0 spiro atoms. The van der Waals surface area contributed by atoms with Gasteiger partial charge in [-0.25, -0.2) is 9.59 Å². The number of aromatic amines is 1. The second kappa shape index (κ2) is 11.4. The summed E-state index contributed by atoms with van der Waals surface area (Å²) in [5.74, 6) is -1.95. The van der Waals surface area contributed by atoms with E-state index in [9.17, 15) is 19.7 Å². The molecule has 0 fully saturated rings. The van der Waals surface area contributed by atoms with E-state index in [1.807, 2.05) is 30.3 Å². The van der Waals surface area contributed by atoms with Crippen molar-refractivity contribution in [2.75, 3.05) is 20.3 Å². The number of hydrogen-bond acceptors (Lipinski definition) is 9. The second-order valence-corrected chi connectivity index (χ2v) is 8.45. The largest absolute Gasteiger partial charge is 0.473 e. The fourth-order valence-electron chi connectivity index (χ4n) is 4.30. The molecule has 3 aromatic rings. The predicted molar refractivity (Wildman–Crippen MR) is 137 cm³/mol. The van der Waals surface area contributed by atoms with Crippen LogP contribution in [0.2, 0.25) is 0 Å². The van der Waals surface area contributed by atoms with E-state index in [-0.39, 0.29) is 30.0 Å². The Bertz CT molecular complexity index is 1430. The van der Waals surface area contributed by atoms with Gasteiger partial charge in [0.25, 0.3) is 5.69 Å². The Labute approximate surface area is 218 Å². The number of nitrogens with zero attached hydrogens (tertiary/aromatic N) is 2. The smallest absolute Gasteiger partial charge is 0.336 e. The summed E-state index contributed by atoms with van der Waals surface area (Å²) in [5.41, 5.74) is 3.17. The highest BCUT2D eigenvalue weighted by Gasteiger charge is 2.38. The Morgan fingerprint density at radius 1 is 0.974 bits per heavy atom. The molecule has 38 heavy (non-hydrogen) atoms. The van der Waals surface area contributed by atoms with Crippen LogP contribution in [0.15, 0.2) is 83.2 Å². The fourth-order valence-corrected chi connectivity index (χ4v) is 4.30. The zero-order chi connectivity index (χ0) is 27.2. The van der Waals surface area contributed by atoms with Crippen molar-refractivity contribution in [2.45, 2.75) is 19.8 Å². The third-order valence-corrected chi connectivity index (χ3v) is 6.01. The van der Waals surface area contributed by atoms with Gasteiger partial charge in [-0.3, -0.25) is 15.2 Å². The van der Waals surface area contributed by atoms with E-state index in [1.54, 1.807) is 26.0 Å². The van der Waals surface area contributed by atoms with E-state index in [2.05, 4.69) is 15.5 Å². The number of nitro groups is 1. The Hall–Kier alpha value is -4.93. The highest BCUT2D eigenvalue weighted by atomic mass is 16.6. The number of non-ortho nitro benzene ring substituents is 1. The molecular formula is C27H26N4O7. The minimum Gasteiger partial charge on any atom is -0.473 e. The minimum atomic E-state index is -0.934. The lowest BCUT2D eigenvalue weighted by molar-refractivity contribution is -0.384. The maximum absolute atomic E-state index is 13.3.